The molecule has 3 rings (SSSR count). The number of amides is 1. The predicted octanol–water partition coefficient (Wildman–Crippen LogP) is 3.53. The third-order valence-electron chi connectivity index (χ3n) is 3.09. The number of furan rings is 1. The van der Waals surface area contributed by atoms with Crippen molar-refractivity contribution in [3.8, 4) is 0 Å². The molecule has 1 aliphatic carbocycles. The average molecular weight is 274 g/mol. The summed E-state index contributed by atoms with van der Waals surface area (Å²) in [5.74, 6) is 1.11. The molecule has 2 aromatic rings. The number of thioether (sulfide) groups is 1. The van der Waals surface area contributed by atoms with Gasteiger partial charge in [0.1, 0.15) is 5.76 Å². The molecular weight excluding hydrogens is 260 g/mol. The second kappa shape index (κ2) is 5.09. The fourth-order valence-corrected chi connectivity index (χ4v) is 2.38. The number of rotatable bonds is 4. The van der Waals surface area contributed by atoms with E-state index in [1.54, 1.807) is 36.5 Å². The van der Waals surface area contributed by atoms with E-state index >= 15 is 0 Å². The van der Waals surface area contributed by atoms with Gasteiger partial charge in [-0.1, -0.05) is 0 Å². The van der Waals surface area contributed by atoms with Crippen molar-refractivity contribution in [3.63, 3.8) is 0 Å². The maximum absolute atomic E-state index is 12.2. The number of carbonyl (C=O) groups is 1. The molecule has 0 aliphatic heterocycles. The molecule has 4 nitrogen and oxygen atoms in total. The van der Waals surface area contributed by atoms with Crippen molar-refractivity contribution in [1.29, 1.82) is 0 Å². The van der Waals surface area contributed by atoms with Gasteiger partial charge >= 0.3 is 0 Å². The van der Waals surface area contributed by atoms with Crippen LogP contribution in [0.5, 0.6) is 0 Å². The number of anilines is 1. The van der Waals surface area contributed by atoms with Gasteiger partial charge in [0.25, 0.3) is 5.91 Å². The van der Waals surface area contributed by atoms with E-state index in [0.717, 1.165) is 23.5 Å². The lowest BCUT2D eigenvalue weighted by Gasteiger charge is -2.05. The number of pyridine rings is 1. The van der Waals surface area contributed by atoms with E-state index in [1.807, 2.05) is 12.3 Å². The molecule has 0 spiro atoms. The number of nitrogens with zero attached hydrogens (tertiary/aromatic N) is 1. The number of nitrogens with one attached hydrogen (secondary N) is 1. The molecule has 0 atom stereocenters. The number of hydrogen-bond donors (Lipinski definition) is 1. The molecule has 1 amide bonds. The molecule has 1 saturated carbocycles. The number of carbonyl (C=O) groups excluding carboxylic acids is 1. The van der Waals surface area contributed by atoms with Gasteiger partial charge in [-0.3, -0.25) is 9.78 Å². The van der Waals surface area contributed by atoms with E-state index in [-0.39, 0.29) is 5.91 Å². The fourth-order valence-electron chi connectivity index (χ4n) is 1.97. The van der Waals surface area contributed by atoms with Crippen LogP contribution in [0.2, 0.25) is 0 Å². The van der Waals surface area contributed by atoms with Gasteiger partial charge in [0, 0.05) is 17.0 Å². The average Bonchev–Trinajstić information content (AvgIpc) is 3.16. The first-order valence-corrected chi connectivity index (χ1v) is 7.38. The Bertz CT molecular complexity index is 605. The van der Waals surface area contributed by atoms with Crippen molar-refractivity contribution in [2.24, 2.45) is 0 Å². The zero-order chi connectivity index (χ0) is 13.2. The molecule has 0 radical (unpaired) electrons. The van der Waals surface area contributed by atoms with Gasteiger partial charge in [-0.15, -0.1) is 11.8 Å². The molecule has 1 N–H and O–H groups in total. The van der Waals surface area contributed by atoms with Crippen LogP contribution in [0.3, 0.4) is 0 Å². The molecule has 0 aromatic carbocycles. The van der Waals surface area contributed by atoms with Crippen LogP contribution in [0.25, 0.3) is 0 Å². The van der Waals surface area contributed by atoms with Gasteiger partial charge in [-0.25, -0.2) is 0 Å². The molecule has 1 fully saturated rings. The van der Waals surface area contributed by atoms with Crippen LogP contribution in [0, 0.1) is 0 Å². The Kier molecular flexibility index (Phi) is 3.29. The van der Waals surface area contributed by atoms with Gasteiger partial charge in [-0.2, -0.15) is 0 Å². The Morgan fingerprint density at radius 2 is 2.32 bits per heavy atom. The van der Waals surface area contributed by atoms with Crippen LogP contribution < -0.4 is 5.32 Å². The highest BCUT2D eigenvalue weighted by atomic mass is 32.2. The summed E-state index contributed by atoms with van der Waals surface area (Å²) in [5.41, 5.74) is 1.34. The van der Waals surface area contributed by atoms with Gasteiger partial charge < -0.3 is 9.73 Å². The van der Waals surface area contributed by atoms with Gasteiger partial charge in [0.2, 0.25) is 0 Å². The predicted molar refractivity (Wildman–Crippen MR) is 74.7 cm³/mol. The summed E-state index contributed by atoms with van der Waals surface area (Å²) in [6.45, 7) is 0. The lowest BCUT2D eigenvalue weighted by molar-refractivity contribution is 0.102. The summed E-state index contributed by atoms with van der Waals surface area (Å²) in [6.07, 6.45) is 9.19. The molecule has 19 heavy (non-hydrogen) atoms. The number of hydrogen-bond acceptors (Lipinski definition) is 4. The Morgan fingerprint density at radius 1 is 1.47 bits per heavy atom. The molecule has 5 heteroatoms. The van der Waals surface area contributed by atoms with Crippen LogP contribution in [0.4, 0.5) is 5.69 Å². The zero-order valence-corrected chi connectivity index (χ0v) is 11.4. The normalized spacial score (nSPS) is 14.4. The Morgan fingerprint density at radius 3 is 3.05 bits per heavy atom. The van der Waals surface area contributed by atoms with E-state index in [2.05, 4.69) is 10.3 Å². The van der Waals surface area contributed by atoms with E-state index in [0.29, 0.717) is 17.2 Å². The first kappa shape index (κ1) is 12.3. The molecule has 98 valence electrons. The first-order valence-electron chi connectivity index (χ1n) is 6.15. The SMILES string of the molecule is CSc1cncc(NC(=O)c2ccoc2C2CC2)c1. The molecule has 0 bridgehead atoms. The van der Waals surface area contributed by atoms with E-state index in [9.17, 15) is 4.79 Å². The molecule has 1 aliphatic rings. The smallest absolute Gasteiger partial charge is 0.259 e. The highest BCUT2D eigenvalue weighted by Crippen LogP contribution is 2.42. The second-order valence-corrected chi connectivity index (χ2v) is 5.42. The molecule has 0 unspecified atom stereocenters. The first-order chi connectivity index (χ1) is 9.28. The van der Waals surface area contributed by atoms with Crippen molar-refractivity contribution in [1.82, 2.24) is 4.98 Å². The summed E-state index contributed by atoms with van der Waals surface area (Å²) < 4.78 is 5.41. The lowest BCUT2D eigenvalue weighted by Crippen LogP contribution is -2.12. The molecule has 2 aromatic heterocycles. The van der Waals surface area contributed by atoms with Crippen LogP contribution in [0.15, 0.2) is 40.1 Å². The van der Waals surface area contributed by atoms with Crippen molar-refractivity contribution in [2.45, 2.75) is 23.7 Å². The fraction of sp³-hybridized carbons (Fsp3) is 0.286. The maximum atomic E-state index is 12.2. The molecule has 2 heterocycles. The summed E-state index contributed by atoms with van der Waals surface area (Å²) >= 11 is 1.59. The third-order valence-corrected chi connectivity index (χ3v) is 3.79. The maximum Gasteiger partial charge on any atom is 0.259 e. The van der Waals surface area contributed by atoms with E-state index in [4.69, 9.17) is 4.42 Å². The van der Waals surface area contributed by atoms with Gasteiger partial charge in [-0.05, 0) is 31.2 Å². The molecular formula is C14H14N2O2S. The van der Waals surface area contributed by atoms with Gasteiger partial charge in [0.05, 0.1) is 23.7 Å². The lowest BCUT2D eigenvalue weighted by atomic mass is 10.2. The summed E-state index contributed by atoms with van der Waals surface area (Å²) in [6, 6.07) is 3.64. The highest BCUT2D eigenvalue weighted by molar-refractivity contribution is 7.98. The van der Waals surface area contributed by atoms with Gasteiger partial charge in [0.15, 0.2) is 0 Å². The van der Waals surface area contributed by atoms with Crippen molar-refractivity contribution < 1.29 is 9.21 Å². The summed E-state index contributed by atoms with van der Waals surface area (Å²) in [4.78, 5) is 17.3. The topological polar surface area (TPSA) is 55.1 Å². The van der Waals surface area contributed by atoms with E-state index in [1.165, 1.54) is 0 Å². The quantitative estimate of drug-likeness (QED) is 0.867. The van der Waals surface area contributed by atoms with Crippen molar-refractivity contribution >= 4 is 23.4 Å². The minimum Gasteiger partial charge on any atom is -0.468 e. The summed E-state index contributed by atoms with van der Waals surface area (Å²) in [5, 5.41) is 2.87. The standard InChI is InChI=1S/C14H14N2O2S/c1-19-11-6-10(7-15-8-11)16-14(17)12-4-5-18-13(12)9-2-3-9/h4-9H,2-3H2,1H3,(H,16,17). The third kappa shape index (κ3) is 2.66. The Hall–Kier alpha value is -1.75. The number of aromatic nitrogens is 1. The van der Waals surface area contributed by atoms with Crippen LogP contribution in [-0.4, -0.2) is 17.1 Å². The van der Waals surface area contributed by atoms with Crippen LogP contribution >= 0.6 is 11.8 Å². The highest BCUT2D eigenvalue weighted by Gasteiger charge is 2.31. The van der Waals surface area contributed by atoms with Crippen molar-refractivity contribution in [2.75, 3.05) is 11.6 Å². The van der Waals surface area contributed by atoms with Crippen molar-refractivity contribution in [3.05, 3.63) is 42.1 Å². The van der Waals surface area contributed by atoms with E-state index < -0.39 is 0 Å². The largest absolute Gasteiger partial charge is 0.468 e. The Labute approximate surface area is 115 Å². The Balaban J connectivity index is 1.78. The monoisotopic (exact) mass is 274 g/mol. The molecule has 0 saturated heterocycles. The summed E-state index contributed by atoms with van der Waals surface area (Å²) in [7, 11) is 0. The zero-order valence-electron chi connectivity index (χ0n) is 10.6. The van der Waals surface area contributed by atoms with Crippen LogP contribution in [0.1, 0.15) is 34.9 Å². The second-order valence-electron chi connectivity index (χ2n) is 4.54. The minimum absolute atomic E-state index is 0.129. The minimum atomic E-state index is -0.129. The van der Waals surface area contributed by atoms with Crippen LogP contribution in [-0.2, 0) is 0 Å².